The molecule has 2 aromatic carbocycles. The monoisotopic (exact) mass is 358 g/mol. The highest BCUT2D eigenvalue weighted by molar-refractivity contribution is 6.31. The number of halogens is 2. The fraction of sp³-hybridized carbons (Fsp3) is 0.211. The molecular weight excluding hydrogens is 343 g/mol. The van der Waals surface area contributed by atoms with Crippen LogP contribution in [-0.4, -0.2) is 18.0 Å². The molecule has 0 bridgehead atoms. The molecule has 0 saturated heterocycles. The van der Waals surface area contributed by atoms with Gasteiger partial charge >= 0.3 is 0 Å². The molecule has 1 amide bonds. The average Bonchev–Trinajstić information content (AvgIpc) is 3.31. The lowest BCUT2D eigenvalue weighted by Gasteiger charge is -2.15. The van der Waals surface area contributed by atoms with Crippen molar-refractivity contribution in [2.75, 3.05) is 12.4 Å². The summed E-state index contributed by atoms with van der Waals surface area (Å²) in [5.41, 5.74) is 1.82. The van der Waals surface area contributed by atoms with Gasteiger partial charge in [-0.3, -0.25) is 4.79 Å². The number of methoxy groups -OCH3 is 1. The molecule has 3 aromatic rings. The fourth-order valence-corrected chi connectivity index (χ4v) is 3.37. The summed E-state index contributed by atoms with van der Waals surface area (Å²) in [6.45, 7) is 0. The molecule has 1 aliphatic rings. The number of H-pyrrole nitrogens is 1. The second-order valence-electron chi connectivity index (χ2n) is 6.28. The molecule has 6 heteroatoms. The molecule has 25 heavy (non-hydrogen) atoms. The zero-order valence-corrected chi connectivity index (χ0v) is 14.3. The summed E-state index contributed by atoms with van der Waals surface area (Å²) in [7, 11) is 1.62. The van der Waals surface area contributed by atoms with Crippen molar-refractivity contribution >= 4 is 34.1 Å². The molecule has 4 rings (SSSR count). The van der Waals surface area contributed by atoms with Crippen LogP contribution < -0.4 is 10.1 Å². The number of ether oxygens (including phenoxy) is 1. The molecule has 1 heterocycles. The van der Waals surface area contributed by atoms with Crippen LogP contribution >= 0.6 is 11.6 Å². The number of carbonyl (C=O) groups excluding carboxylic acids is 1. The summed E-state index contributed by atoms with van der Waals surface area (Å²) in [6.07, 6.45) is 3.41. The van der Waals surface area contributed by atoms with E-state index in [0.717, 1.165) is 35.1 Å². The Morgan fingerprint density at radius 2 is 2.08 bits per heavy atom. The summed E-state index contributed by atoms with van der Waals surface area (Å²) in [4.78, 5) is 16.1. The van der Waals surface area contributed by atoms with E-state index in [1.165, 1.54) is 18.2 Å². The lowest BCUT2D eigenvalue weighted by atomic mass is 9.94. The second kappa shape index (κ2) is 5.77. The lowest BCUT2D eigenvalue weighted by molar-refractivity contribution is -0.118. The van der Waals surface area contributed by atoms with Crippen LogP contribution in [-0.2, 0) is 10.2 Å². The maximum atomic E-state index is 13.3. The number of aromatic nitrogens is 1. The first kappa shape index (κ1) is 16.0. The molecule has 2 N–H and O–H groups in total. The first-order valence-corrected chi connectivity index (χ1v) is 8.33. The van der Waals surface area contributed by atoms with E-state index in [9.17, 15) is 9.18 Å². The number of fused-ring (bicyclic) bond motifs is 1. The Morgan fingerprint density at radius 1 is 1.28 bits per heavy atom. The standard InChI is InChI=1S/C19H16ClFN2O2/c1-25-12-3-5-17-13(9-12)14(10-22-17)19(6-7-19)18(24)23-11-2-4-16(21)15(20)8-11/h2-5,8-10,22H,6-7H2,1H3,(H,23,24). The largest absolute Gasteiger partial charge is 0.497 e. The van der Waals surface area contributed by atoms with Gasteiger partial charge in [-0.05, 0) is 54.8 Å². The molecule has 0 atom stereocenters. The van der Waals surface area contributed by atoms with Gasteiger partial charge in [0.05, 0.1) is 17.5 Å². The van der Waals surface area contributed by atoms with E-state index in [4.69, 9.17) is 16.3 Å². The van der Waals surface area contributed by atoms with Gasteiger partial charge in [-0.2, -0.15) is 0 Å². The number of hydrogen-bond acceptors (Lipinski definition) is 2. The van der Waals surface area contributed by atoms with Crippen molar-refractivity contribution < 1.29 is 13.9 Å². The zero-order valence-electron chi connectivity index (χ0n) is 13.5. The molecule has 1 aromatic heterocycles. The minimum absolute atomic E-state index is 0.0144. The fourth-order valence-electron chi connectivity index (χ4n) is 3.19. The summed E-state index contributed by atoms with van der Waals surface area (Å²) in [6, 6.07) is 9.92. The van der Waals surface area contributed by atoms with Crippen molar-refractivity contribution in [1.29, 1.82) is 0 Å². The van der Waals surface area contributed by atoms with Gasteiger partial charge in [0, 0.05) is 22.8 Å². The molecule has 4 nitrogen and oxygen atoms in total. The molecule has 128 valence electrons. The molecule has 1 fully saturated rings. The first-order valence-electron chi connectivity index (χ1n) is 7.95. The van der Waals surface area contributed by atoms with Gasteiger partial charge in [-0.25, -0.2) is 4.39 Å². The van der Waals surface area contributed by atoms with Crippen LogP contribution in [0.4, 0.5) is 10.1 Å². The predicted molar refractivity (Wildman–Crippen MR) is 95.8 cm³/mol. The molecule has 1 saturated carbocycles. The number of hydrogen-bond donors (Lipinski definition) is 2. The van der Waals surface area contributed by atoms with Crippen molar-refractivity contribution in [2.24, 2.45) is 0 Å². The van der Waals surface area contributed by atoms with Crippen LogP contribution in [0.25, 0.3) is 10.9 Å². The van der Waals surface area contributed by atoms with Gasteiger partial charge in [-0.15, -0.1) is 0 Å². The van der Waals surface area contributed by atoms with E-state index in [0.29, 0.717) is 5.69 Å². The number of amides is 1. The van der Waals surface area contributed by atoms with Crippen molar-refractivity contribution in [2.45, 2.75) is 18.3 Å². The maximum Gasteiger partial charge on any atom is 0.235 e. The van der Waals surface area contributed by atoms with Crippen molar-refractivity contribution in [3.8, 4) is 5.75 Å². The molecule has 1 aliphatic carbocycles. The number of benzene rings is 2. The van der Waals surface area contributed by atoms with E-state index in [1.54, 1.807) is 7.11 Å². The quantitative estimate of drug-likeness (QED) is 0.713. The van der Waals surface area contributed by atoms with E-state index in [1.807, 2.05) is 24.4 Å². The van der Waals surface area contributed by atoms with Crippen molar-refractivity contribution in [1.82, 2.24) is 4.98 Å². The number of rotatable bonds is 4. The summed E-state index contributed by atoms with van der Waals surface area (Å²) >= 11 is 5.79. The van der Waals surface area contributed by atoms with Gasteiger partial charge in [0.2, 0.25) is 5.91 Å². The van der Waals surface area contributed by atoms with E-state index in [-0.39, 0.29) is 10.9 Å². The highest BCUT2D eigenvalue weighted by Gasteiger charge is 2.52. The normalized spacial score (nSPS) is 15.2. The highest BCUT2D eigenvalue weighted by atomic mass is 35.5. The smallest absolute Gasteiger partial charge is 0.235 e. The summed E-state index contributed by atoms with van der Waals surface area (Å²) in [5, 5.41) is 3.82. The van der Waals surface area contributed by atoms with E-state index >= 15 is 0 Å². The lowest BCUT2D eigenvalue weighted by Crippen LogP contribution is -2.27. The topological polar surface area (TPSA) is 54.1 Å². The average molecular weight is 359 g/mol. The summed E-state index contributed by atoms with van der Waals surface area (Å²) in [5.74, 6) is 0.123. The van der Waals surface area contributed by atoms with Gasteiger partial charge in [0.15, 0.2) is 0 Å². The van der Waals surface area contributed by atoms with Crippen LogP contribution in [0, 0.1) is 5.82 Å². The van der Waals surface area contributed by atoms with Crippen LogP contribution in [0.1, 0.15) is 18.4 Å². The number of anilines is 1. The molecule has 0 spiro atoms. The van der Waals surface area contributed by atoms with Crippen molar-refractivity contribution in [3.63, 3.8) is 0 Å². The Hall–Kier alpha value is -2.53. The Bertz CT molecular complexity index is 979. The van der Waals surface area contributed by atoms with E-state index in [2.05, 4.69) is 10.3 Å². The van der Waals surface area contributed by atoms with Gasteiger partial charge < -0.3 is 15.0 Å². The third kappa shape index (κ3) is 2.65. The maximum absolute atomic E-state index is 13.3. The third-order valence-electron chi connectivity index (χ3n) is 4.77. The Morgan fingerprint density at radius 3 is 2.76 bits per heavy atom. The first-order chi connectivity index (χ1) is 12.0. The second-order valence-corrected chi connectivity index (χ2v) is 6.69. The van der Waals surface area contributed by atoms with Gasteiger partial charge in [-0.1, -0.05) is 11.6 Å². The van der Waals surface area contributed by atoms with Gasteiger partial charge in [0.1, 0.15) is 11.6 Å². The highest BCUT2D eigenvalue weighted by Crippen LogP contribution is 2.51. The number of aromatic amines is 1. The van der Waals surface area contributed by atoms with Crippen LogP contribution in [0.15, 0.2) is 42.6 Å². The molecule has 0 aliphatic heterocycles. The minimum atomic E-state index is -0.578. The third-order valence-corrected chi connectivity index (χ3v) is 5.06. The number of carbonyl (C=O) groups is 1. The Labute approximate surface area is 148 Å². The SMILES string of the molecule is COc1ccc2[nH]cc(C3(C(=O)Nc4ccc(F)c(Cl)c4)CC3)c2c1. The molecular formula is C19H16ClFN2O2. The Kier molecular flexibility index (Phi) is 3.69. The molecule has 0 radical (unpaired) electrons. The zero-order chi connectivity index (χ0) is 17.6. The van der Waals surface area contributed by atoms with Crippen molar-refractivity contribution in [3.05, 3.63) is 59.0 Å². The van der Waals surface area contributed by atoms with E-state index < -0.39 is 11.2 Å². The van der Waals surface area contributed by atoms with Crippen LogP contribution in [0.5, 0.6) is 5.75 Å². The van der Waals surface area contributed by atoms with Crippen LogP contribution in [0.2, 0.25) is 5.02 Å². The van der Waals surface area contributed by atoms with Gasteiger partial charge in [0.25, 0.3) is 0 Å². The van der Waals surface area contributed by atoms with Crippen LogP contribution in [0.3, 0.4) is 0 Å². The summed E-state index contributed by atoms with van der Waals surface area (Å²) < 4.78 is 18.6. The minimum Gasteiger partial charge on any atom is -0.497 e. The number of nitrogens with one attached hydrogen (secondary N) is 2. The Balaban J connectivity index is 1.67. The predicted octanol–water partition coefficient (Wildman–Crippen LogP) is 4.64. The molecule has 0 unspecified atom stereocenters.